The SMILES string of the molecule is CC(C)(C)[C@@H]1CCc2c(sc(NC(=O)c3ccco3)c2C(=O)N2CCOCC2)C1. The summed E-state index contributed by atoms with van der Waals surface area (Å²) in [5, 5.41) is 3.59. The van der Waals surface area contributed by atoms with Gasteiger partial charge in [-0.1, -0.05) is 20.8 Å². The monoisotopic (exact) mass is 416 g/mol. The van der Waals surface area contributed by atoms with Crippen LogP contribution in [0.1, 0.15) is 58.5 Å². The van der Waals surface area contributed by atoms with Gasteiger partial charge in [-0.3, -0.25) is 9.59 Å². The van der Waals surface area contributed by atoms with E-state index in [4.69, 9.17) is 9.15 Å². The molecule has 4 rings (SSSR count). The number of rotatable bonds is 3. The number of anilines is 1. The molecule has 1 fully saturated rings. The van der Waals surface area contributed by atoms with Crippen LogP contribution in [-0.2, 0) is 17.6 Å². The zero-order valence-electron chi connectivity index (χ0n) is 17.2. The minimum absolute atomic E-state index is 0.00486. The van der Waals surface area contributed by atoms with Crippen molar-refractivity contribution in [2.75, 3.05) is 31.6 Å². The van der Waals surface area contributed by atoms with Crippen LogP contribution >= 0.6 is 11.3 Å². The summed E-state index contributed by atoms with van der Waals surface area (Å²) in [6, 6.07) is 3.31. The van der Waals surface area contributed by atoms with Crippen molar-refractivity contribution < 1.29 is 18.7 Å². The predicted octanol–water partition coefficient (Wildman–Crippen LogP) is 4.22. The fourth-order valence-corrected chi connectivity index (χ4v) is 5.45. The van der Waals surface area contributed by atoms with Crippen LogP contribution in [0.5, 0.6) is 0 Å². The number of furan rings is 1. The van der Waals surface area contributed by atoms with Crippen molar-refractivity contribution in [1.82, 2.24) is 4.90 Å². The summed E-state index contributed by atoms with van der Waals surface area (Å²) < 4.78 is 10.6. The van der Waals surface area contributed by atoms with Gasteiger partial charge in [0, 0.05) is 18.0 Å². The maximum absolute atomic E-state index is 13.4. The van der Waals surface area contributed by atoms with E-state index >= 15 is 0 Å². The number of nitrogens with one attached hydrogen (secondary N) is 1. The lowest BCUT2D eigenvalue weighted by atomic mass is 9.72. The fourth-order valence-electron chi connectivity index (χ4n) is 4.14. The molecule has 0 radical (unpaired) electrons. The van der Waals surface area contributed by atoms with Crippen LogP contribution in [0, 0.1) is 11.3 Å². The summed E-state index contributed by atoms with van der Waals surface area (Å²) in [6.07, 6.45) is 4.35. The lowest BCUT2D eigenvalue weighted by molar-refractivity contribution is 0.0303. The third kappa shape index (κ3) is 4.12. The molecule has 1 aliphatic heterocycles. The molecule has 2 aliphatic rings. The topological polar surface area (TPSA) is 71.8 Å². The first-order valence-corrected chi connectivity index (χ1v) is 11.0. The molecule has 156 valence electrons. The average Bonchev–Trinajstić information content (AvgIpc) is 3.34. The molecule has 3 heterocycles. The van der Waals surface area contributed by atoms with E-state index < -0.39 is 0 Å². The highest BCUT2D eigenvalue weighted by Crippen LogP contribution is 2.44. The van der Waals surface area contributed by atoms with Gasteiger partial charge in [0.2, 0.25) is 0 Å². The van der Waals surface area contributed by atoms with Crippen molar-refractivity contribution in [1.29, 1.82) is 0 Å². The van der Waals surface area contributed by atoms with E-state index in [2.05, 4.69) is 26.1 Å². The van der Waals surface area contributed by atoms with Crippen LogP contribution in [0.3, 0.4) is 0 Å². The van der Waals surface area contributed by atoms with Crippen LogP contribution in [0.25, 0.3) is 0 Å². The Morgan fingerprint density at radius 3 is 2.66 bits per heavy atom. The number of nitrogens with zero attached hydrogens (tertiary/aromatic N) is 1. The molecule has 2 amide bonds. The Labute approximate surface area is 175 Å². The second kappa shape index (κ2) is 7.95. The van der Waals surface area contributed by atoms with Gasteiger partial charge >= 0.3 is 0 Å². The van der Waals surface area contributed by atoms with Crippen molar-refractivity contribution in [3.05, 3.63) is 40.2 Å². The van der Waals surface area contributed by atoms with Gasteiger partial charge in [0.05, 0.1) is 25.0 Å². The maximum Gasteiger partial charge on any atom is 0.291 e. The molecule has 0 bridgehead atoms. The summed E-state index contributed by atoms with van der Waals surface area (Å²) in [4.78, 5) is 29.1. The Morgan fingerprint density at radius 1 is 1.24 bits per heavy atom. The van der Waals surface area contributed by atoms with Crippen LogP contribution in [0.4, 0.5) is 5.00 Å². The lowest BCUT2D eigenvalue weighted by Gasteiger charge is -2.34. The molecule has 1 saturated heterocycles. The average molecular weight is 417 g/mol. The summed E-state index contributed by atoms with van der Waals surface area (Å²) in [5.74, 6) is 0.481. The second-order valence-corrected chi connectivity index (χ2v) is 9.95. The lowest BCUT2D eigenvalue weighted by Crippen LogP contribution is -2.41. The maximum atomic E-state index is 13.4. The van der Waals surface area contributed by atoms with E-state index in [-0.39, 0.29) is 23.0 Å². The Morgan fingerprint density at radius 2 is 2.00 bits per heavy atom. The molecule has 1 atom stereocenters. The zero-order valence-corrected chi connectivity index (χ0v) is 18.1. The first-order valence-electron chi connectivity index (χ1n) is 10.2. The van der Waals surface area contributed by atoms with Gasteiger partial charge in [0.1, 0.15) is 5.00 Å². The number of carbonyl (C=O) groups excluding carboxylic acids is 2. The Bertz CT molecular complexity index is 889. The van der Waals surface area contributed by atoms with Crippen LogP contribution < -0.4 is 5.32 Å². The molecule has 1 N–H and O–H groups in total. The quantitative estimate of drug-likeness (QED) is 0.813. The molecular formula is C22H28N2O4S. The van der Waals surface area contributed by atoms with Gasteiger partial charge in [0.25, 0.3) is 11.8 Å². The molecule has 1 aliphatic carbocycles. The molecule has 0 unspecified atom stereocenters. The van der Waals surface area contributed by atoms with Crippen molar-refractivity contribution in [2.45, 2.75) is 40.0 Å². The van der Waals surface area contributed by atoms with Crippen LogP contribution in [0.15, 0.2) is 22.8 Å². The molecule has 0 saturated carbocycles. The van der Waals surface area contributed by atoms with Crippen molar-refractivity contribution in [3.63, 3.8) is 0 Å². The number of carbonyl (C=O) groups is 2. The number of thiophene rings is 1. The molecule has 2 aromatic heterocycles. The molecular weight excluding hydrogens is 388 g/mol. The Kier molecular flexibility index (Phi) is 5.53. The van der Waals surface area contributed by atoms with E-state index in [1.54, 1.807) is 23.5 Å². The molecule has 7 heteroatoms. The normalized spacial score (nSPS) is 19.7. The number of ether oxygens (including phenoxy) is 1. The van der Waals surface area contributed by atoms with Crippen molar-refractivity contribution >= 4 is 28.2 Å². The molecule has 29 heavy (non-hydrogen) atoms. The first kappa shape index (κ1) is 20.2. The van der Waals surface area contributed by atoms with Gasteiger partial charge in [0.15, 0.2) is 5.76 Å². The Hall–Kier alpha value is -2.12. The third-order valence-electron chi connectivity index (χ3n) is 5.97. The molecule has 0 aromatic carbocycles. The van der Waals surface area contributed by atoms with Gasteiger partial charge in [-0.05, 0) is 48.3 Å². The van der Waals surface area contributed by atoms with E-state index in [1.807, 2.05) is 4.90 Å². The van der Waals surface area contributed by atoms with Gasteiger partial charge in [-0.15, -0.1) is 11.3 Å². The minimum atomic E-state index is -0.322. The van der Waals surface area contributed by atoms with E-state index in [0.717, 1.165) is 24.8 Å². The van der Waals surface area contributed by atoms with Crippen molar-refractivity contribution in [2.24, 2.45) is 11.3 Å². The van der Waals surface area contributed by atoms with Crippen LogP contribution in [-0.4, -0.2) is 43.0 Å². The summed E-state index contributed by atoms with van der Waals surface area (Å²) in [6.45, 7) is 9.09. The van der Waals surface area contributed by atoms with Gasteiger partial charge < -0.3 is 19.4 Å². The number of fused-ring (bicyclic) bond motifs is 1. The fraction of sp³-hybridized carbons (Fsp3) is 0.545. The van der Waals surface area contributed by atoms with Gasteiger partial charge in [-0.2, -0.15) is 0 Å². The highest BCUT2D eigenvalue weighted by atomic mass is 32.1. The largest absolute Gasteiger partial charge is 0.459 e. The smallest absolute Gasteiger partial charge is 0.291 e. The van der Waals surface area contributed by atoms with Gasteiger partial charge in [-0.25, -0.2) is 0 Å². The highest BCUT2D eigenvalue weighted by molar-refractivity contribution is 7.17. The Balaban J connectivity index is 1.68. The van der Waals surface area contributed by atoms with Crippen LogP contribution in [0.2, 0.25) is 0 Å². The molecule has 2 aromatic rings. The molecule has 6 nitrogen and oxygen atoms in total. The first-order chi connectivity index (χ1) is 13.8. The van der Waals surface area contributed by atoms with E-state index in [0.29, 0.717) is 42.8 Å². The predicted molar refractivity (Wildman–Crippen MR) is 113 cm³/mol. The number of hydrogen-bond donors (Lipinski definition) is 1. The highest BCUT2D eigenvalue weighted by Gasteiger charge is 2.35. The minimum Gasteiger partial charge on any atom is -0.459 e. The molecule has 0 spiro atoms. The second-order valence-electron chi connectivity index (χ2n) is 8.85. The number of amides is 2. The summed E-state index contributed by atoms with van der Waals surface area (Å²) >= 11 is 1.55. The van der Waals surface area contributed by atoms with E-state index in [1.165, 1.54) is 11.1 Å². The summed E-state index contributed by atoms with van der Waals surface area (Å²) in [5.41, 5.74) is 1.99. The zero-order chi connectivity index (χ0) is 20.6. The third-order valence-corrected chi connectivity index (χ3v) is 7.14. The van der Waals surface area contributed by atoms with Crippen molar-refractivity contribution in [3.8, 4) is 0 Å². The summed E-state index contributed by atoms with van der Waals surface area (Å²) in [7, 11) is 0. The van der Waals surface area contributed by atoms with E-state index in [9.17, 15) is 9.59 Å². The standard InChI is InChI=1S/C22H28N2O4S/c1-22(2,3)14-6-7-15-17(13-14)29-20(23-19(25)16-5-4-10-28-16)18(15)21(26)24-8-11-27-12-9-24/h4-5,10,14H,6-9,11-13H2,1-3H3,(H,23,25)/t14-/m1/s1. The number of morpholine rings is 1. The number of hydrogen-bond acceptors (Lipinski definition) is 5.